The van der Waals surface area contributed by atoms with Gasteiger partial charge in [0.05, 0.1) is 12.6 Å². The summed E-state index contributed by atoms with van der Waals surface area (Å²) in [6, 6.07) is 8.16. The van der Waals surface area contributed by atoms with Gasteiger partial charge >= 0.3 is 7.60 Å². The van der Waals surface area contributed by atoms with Crippen LogP contribution in [0.3, 0.4) is 0 Å². The molecule has 1 fully saturated rings. The van der Waals surface area contributed by atoms with Gasteiger partial charge in [-0.25, -0.2) is 0 Å². The zero-order valence-corrected chi connectivity index (χ0v) is 24.8. The number of aliphatic hydroxyl groups is 1. The summed E-state index contributed by atoms with van der Waals surface area (Å²) in [6.07, 6.45) is 7.13. The Balaban J connectivity index is 2.15. The number of benzene rings is 1. The van der Waals surface area contributed by atoms with Gasteiger partial charge in [0.2, 0.25) is 11.8 Å². The molecule has 1 saturated carbocycles. The summed E-state index contributed by atoms with van der Waals surface area (Å²) in [5, 5.41) is 17.1. The van der Waals surface area contributed by atoms with E-state index in [0.29, 0.717) is 25.2 Å². The lowest BCUT2D eigenvalue weighted by Crippen LogP contribution is -2.53. The van der Waals surface area contributed by atoms with Gasteiger partial charge in [-0.15, -0.1) is 0 Å². The van der Waals surface area contributed by atoms with Crippen LogP contribution in [-0.4, -0.2) is 48.6 Å². The number of carbonyl (C=O) groups is 2. The third-order valence-corrected chi connectivity index (χ3v) is 9.03. The first-order valence-electron chi connectivity index (χ1n) is 14.2. The molecule has 1 aliphatic rings. The number of nitrogens with one attached hydrogen (secondary N) is 2. The Kier molecular flexibility index (Phi) is 14.0. The molecule has 8 nitrogen and oxygen atoms in total. The van der Waals surface area contributed by atoms with Crippen molar-refractivity contribution < 1.29 is 28.3 Å². The molecular formula is C29H49N2O6P. The summed E-state index contributed by atoms with van der Waals surface area (Å²) in [5.74, 6) is -1.56. The fraction of sp³-hybridized carbons (Fsp3) is 0.724. The van der Waals surface area contributed by atoms with Crippen LogP contribution in [-0.2, 0) is 29.6 Å². The SMILES string of the molecule is COP(=O)(OCC(C)C)C(O)[C@H](CC1CCCCC1)NC(=O)[C@H](CC(C)C)NC(=O)CCc1ccccc1. The largest absolute Gasteiger partial charge is 0.379 e. The normalized spacial score (nSPS) is 18.5. The number of hydrogen-bond donors (Lipinski definition) is 3. The van der Waals surface area contributed by atoms with Crippen LogP contribution in [0.2, 0.25) is 0 Å². The molecule has 0 radical (unpaired) electrons. The van der Waals surface area contributed by atoms with Crippen molar-refractivity contribution in [3.8, 4) is 0 Å². The minimum Gasteiger partial charge on any atom is -0.379 e. The molecule has 0 heterocycles. The summed E-state index contributed by atoms with van der Waals surface area (Å²) in [5.41, 5.74) is 1.06. The molecular weight excluding hydrogens is 503 g/mol. The van der Waals surface area contributed by atoms with Crippen LogP contribution in [0.15, 0.2) is 30.3 Å². The van der Waals surface area contributed by atoms with Crippen LogP contribution in [0, 0.1) is 17.8 Å². The smallest absolute Gasteiger partial charge is 0.360 e. The van der Waals surface area contributed by atoms with Crippen LogP contribution < -0.4 is 10.6 Å². The van der Waals surface area contributed by atoms with Crippen LogP contribution in [0.1, 0.15) is 84.6 Å². The minimum atomic E-state index is -3.90. The van der Waals surface area contributed by atoms with Gasteiger partial charge in [0.1, 0.15) is 6.04 Å². The van der Waals surface area contributed by atoms with Crippen molar-refractivity contribution in [3.63, 3.8) is 0 Å². The second-order valence-corrected chi connectivity index (χ2v) is 13.6. The number of carbonyl (C=O) groups excluding carboxylic acids is 2. The Morgan fingerprint density at radius 3 is 2.26 bits per heavy atom. The summed E-state index contributed by atoms with van der Waals surface area (Å²) >= 11 is 0. The lowest BCUT2D eigenvalue weighted by atomic mass is 9.85. The summed E-state index contributed by atoms with van der Waals surface area (Å²) in [6.45, 7) is 7.99. The Labute approximate surface area is 229 Å². The fourth-order valence-electron chi connectivity index (χ4n) is 4.90. The maximum atomic E-state index is 13.5. The molecule has 2 rings (SSSR count). The number of aryl methyl sites for hydroxylation is 1. The molecule has 3 N–H and O–H groups in total. The van der Waals surface area contributed by atoms with Crippen molar-refractivity contribution in [1.82, 2.24) is 10.6 Å². The molecule has 2 amide bonds. The van der Waals surface area contributed by atoms with E-state index in [2.05, 4.69) is 10.6 Å². The Morgan fingerprint density at radius 2 is 1.68 bits per heavy atom. The van der Waals surface area contributed by atoms with E-state index in [1.54, 1.807) is 0 Å². The summed E-state index contributed by atoms with van der Waals surface area (Å²) < 4.78 is 24.3. The van der Waals surface area contributed by atoms with E-state index in [-0.39, 0.29) is 30.8 Å². The molecule has 1 aliphatic carbocycles. The van der Waals surface area contributed by atoms with E-state index in [1.807, 2.05) is 58.0 Å². The molecule has 9 heteroatoms. The first kappa shape index (κ1) is 32.5. The lowest BCUT2D eigenvalue weighted by molar-refractivity contribution is -0.130. The standard InChI is InChI=1S/C29H49N2O6P/c1-21(2)18-25(30-27(32)17-16-23-12-8-6-9-13-23)28(33)31-26(19-24-14-10-7-11-15-24)29(34)38(35,36-5)37-20-22(3)4/h6,8-9,12-13,21-22,24-26,29,34H,7,10-11,14-20H2,1-5H3,(H,30,32)(H,31,33)/t25-,26-,29?,38?/m0/s1. The molecule has 216 valence electrons. The molecule has 0 saturated heterocycles. The predicted molar refractivity (Wildman–Crippen MR) is 151 cm³/mol. The van der Waals surface area contributed by atoms with Crippen molar-refractivity contribution in [2.24, 2.45) is 17.8 Å². The minimum absolute atomic E-state index is 0.0959. The summed E-state index contributed by atoms with van der Waals surface area (Å²) in [4.78, 5) is 26.3. The van der Waals surface area contributed by atoms with Crippen molar-refractivity contribution in [3.05, 3.63) is 35.9 Å². The van der Waals surface area contributed by atoms with Crippen LogP contribution in [0.4, 0.5) is 0 Å². The molecule has 0 aromatic heterocycles. The molecule has 1 aromatic carbocycles. The van der Waals surface area contributed by atoms with Gasteiger partial charge in [-0.1, -0.05) is 90.1 Å². The summed E-state index contributed by atoms with van der Waals surface area (Å²) in [7, 11) is -2.64. The zero-order valence-electron chi connectivity index (χ0n) is 23.9. The van der Waals surface area contributed by atoms with Crippen LogP contribution >= 0.6 is 7.60 Å². The van der Waals surface area contributed by atoms with Gasteiger partial charge in [0.25, 0.3) is 0 Å². The quantitative estimate of drug-likeness (QED) is 0.236. The van der Waals surface area contributed by atoms with Gasteiger partial charge < -0.3 is 24.8 Å². The van der Waals surface area contributed by atoms with Gasteiger partial charge in [-0.3, -0.25) is 14.2 Å². The van der Waals surface area contributed by atoms with Gasteiger partial charge in [0.15, 0.2) is 5.85 Å². The highest BCUT2D eigenvalue weighted by Gasteiger charge is 2.42. The first-order chi connectivity index (χ1) is 18.0. The Bertz CT molecular complexity index is 888. The predicted octanol–water partition coefficient (Wildman–Crippen LogP) is 5.44. The highest BCUT2D eigenvalue weighted by molar-refractivity contribution is 7.54. The fourth-order valence-corrected chi connectivity index (χ4v) is 6.52. The van der Waals surface area contributed by atoms with Gasteiger partial charge in [-0.05, 0) is 42.6 Å². The average molecular weight is 553 g/mol. The Hall–Kier alpha value is -1.73. The van der Waals surface area contributed by atoms with Gasteiger partial charge in [-0.2, -0.15) is 0 Å². The molecule has 38 heavy (non-hydrogen) atoms. The highest BCUT2D eigenvalue weighted by Crippen LogP contribution is 2.53. The maximum Gasteiger partial charge on any atom is 0.360 e. The first-order valence-corrected chi connectivity index (χ1v) is 15.8. The van der Waals surface area contributed by atoms with E-state index in [0.717, 1.165) is 31.2 Å². The molecule has 1 aromatic rings. The number of rotatable bonds is 16. The van der Waals surface area contributed by atoms with E-state index in [4.69, 9.17) is 9.05 Å². The zero-order chi connectivity index (χ0) is 28.1. The molecule has 0 aliphatic heterocycles. The highest BCUT2D eigenvalue weighted by atomic mass is 31.2. The lowest BCUT2D eigenvalue weighted by Gasteiger charge is -2.34. The van der Waals surface area contributed by atoms with Gasteiger partial charge in [0, 0.05) is 13.5 Å². The van der Waals surface area contributed by atoms with E-state index in [9.17, 15) is 19.3 Å². The molecule has 4 atom stereocenters. The van der Waals surface area contributed by atoms with E-state index < -0.39 is 31.4 Å². The van der Waals surface area contributed by atoms with Crippen molar-refractivity contribution in [2.75, 3.05) is 13.7 Å². The van der Waals surface area contributed by atoms with Crippen molar-refractivity contribution in [1.29, 1.82) is 0 Å². The molecule has 0 bridgehead atoms. The average Bonchev–Trinajstić information content (AvgIpc) is 2.90. The van der Waals surface area contributed by atoms with E-state index in [1.165, 1.54) is 13.5 Å². The Morgan fingerprint density at radius 1 is 1.03 bits per heavy atom. The van der Waals surface area contributed by atoms with Crippen molar-refractivity contribution >= 4 is 19.4 Å². The molecule has 2 unspecified atom stereocenters. The maximum absolute atomic E-state index is 13.5. The van der Waals surface area contributed by atoms with Crippen LogP contribution in [0.25, 0.3) is 0 Å². The number of amides is 2. The monoisotopic (exact) mass is 552 g/mol. The third-order valence-electron chi connectivity index (χ3n) is 7.01. The van der Waals surface area contributed by atoms with Crippen molar-refractivity contribution in [2.45, 2.75) is 103 Å². The second kappa shape index (κ2) is 16.4. The number of hydrogen-bond acceptors (Lipinski definition) is 6. The molecule has 0 spiro atoms. The van der Waals surface area contributed by atoms with E-state index >= 15 is 0 Å². The topological polar surface area (TPSA) is 114 Å². The number of aliphatic hydroxyl groups excluding tert-OH is 1. The second-order valence-electron chi connectivity index (χ2n) is 11.4. The van der Waals surface area contributed by atoms with Crippen LogP contribution in [0.5, 0.6) is 0 Å². The third kappa shape index (κ3) is 11.2.